The highest BCUT2D eigenvalue weighted by Crippen LogP contribution is 2.13. The molecular formula is C15H27N3O3. The number of carbonyl (C=O) groups is 2. The van der Waals surface area contributed by atoms with Crippen LogP contribution in [0.4, 0.5) is 0 Å². The number of hydrogen-bond donors (Lipinski definition) is 2. The van der Waals surface area contributed by atoms with Crippen molar-refractivity contribution in [2.75, 3.05) is 32.8 Å². The maximum absolute atomic E-state index is 12.2. The molecule has 2 rings (SSSR count). The van der Waals surface area contributed by atoms with Crippen molar-refractivity contribution in [2.45, 2.75) is 51.2 Å². The molecule has 2 amide bonds. The maximum Gasteiger partial charge on any atom is 0.225 e. The Balaban J connectivity index is 1.67. The number of nitrogens with one attached hydrogen (secondary N) is 2. The van der Waals surface area contributed by atoms with Crippen molar-refractivity contribution in [1.82, 2.24) is 15.5 Å². The van der Waals surface area contributed by atoms with Gasteiger partial charge >= 0.3 is 0 Å². The molecule has 2 heterocycles. The molecule has 120 valence electrons. The first kappa shape index (κ1) is 16.2. The number of nitrogens with zero attached hydrogens (tertiary/aromatic N) is 1. The summed E-state index contributed by atoms with van der Waals surface area (Å²) in [6.07, 6.45) is 3.63. The van der Waals surface area contributed by atoms with E-state index < -0.39 is 0 Å². The van der Waals surface area contributed by atoms with Crippen molar-refractivity contribution < 1.29 is 14.3 Å². The lowest BCUT2D eigenvalue weighted by molar-refractivity contribution is -0.135. The third-order valence-electron chi connectivity index (χ3n) is 4.10. The second-order valence-corrected chi connectivity index (χ2v) is 5.87. The number of amides is 2. The summed E-state index contributed by atoms with van der Waals surface area (Å²) < 4.78 is 5.57. The van der Waals surface area contributed by atoms with E-state index in [2.05, 4.69) is 10.6 Å². The van der Waals surface area contributed by atoms with Crippen LogP contribution in [0.2, 0.25) is 0 Å². The molecule has 0 saturated carbocycles. The quantitative estimate of drug-likeness (QED) is 0.764. The van der Waals surface area contributed by atoms with Crippen LogP contribution in [-0.4, -0.2) is 61.6 Å². The Hall–Kier alpha value is -1.14. The van der Waals surface area contributed by atoms with Crippen molar-refractivity contribution in [3.63, 3.8) is 0 Å². The fourth-order valence-electron chi connectivity index (χ4n) is 2.87. The molecule has 1 unspecified atom stereocenters. The van der Waals surface area contributed by atoms with Crippen LogP contribution in [-0.2, 0) is 14.3 Å². The molecule has 2 aliphatic rings. The summed E-state index contributed by atoms with van der Waals surface area (Å²) in [6.45, 7) is 5.78. The van der Waals surface area contributed by atoms with Crippen LogP contribution in [0.25, 0.3) is 0 Å². The second-order valence-electron chi connectivity index (χ2n) is 5.87. The van der Waals surface area contributed by atoms with Gasteiger partial charge in [-0.3, -0.25) is 9.59 Å². The van der Waals surface area contributed by atoms with Crippen molar-refractivity contribution in [2.24, 2.45) is 0 Å². The van der Waals surface area contributed by atoms with Gasteiger partial charge < -0.3 is 20.3 Å². The first-order valence-electron chi connectivity index (χ1n) is 8.08. The molecular weight excluding hydrogens is 270 g/mol. The molecule has 2 fully saturated rings. The zero-order chi connectivity index (χ0) is 15.1. The number of rotatable bonds is 5. The Kier molecular flexibility index (Phi) is 6.45. The molecule has 0 bridgehead atoms. The van der Waals surface area contributed by atoms with Crippen molar-refractivity contribution in [3.8, 4) is 0 Å². The Morgan fingerprint density at radius 2 is 2.10 bits per heavy atom. The Morgan fingerprint density at radius 3 is 2.71 bits per heavy atom. The first-order valence-corrected chi connectivity index (χ1v) is 8.08. The summed E-state index contributed by atoms with van der Waals surface area (Å²) in [5.74, 6) is 0.297. The minimum atomic E-state index is 0.00762. The average Bonchev–Trinajstić information content (AvgIpc) is 2.49. The van der Waals surface area contributed by atoms with Crippen molar-refractivity contribution >= 4 is 11.8 Å². The number of ether oxygens (including phenoxy) is 1. The average molecular weight is 297 g/mol. The molecule has 0 aromatic carbocycles. The predicted octanol–water partition coefficient (Wildman–Crippen LogP) is 0.272. The van der Waals surface area contributed by atoms with E-state index in [0.717, 1.165) is 45.4 Å². The van der Waals surface area contributed by atoms with Gasteiger partial charge in [-0.15, -0.1) is 0 Å². The Morgan fingerprint density at radius 1 is 1.33 bits per heavy atom. The zero-order valence-corrected chi connectivity index (χ0v) is 12.9. The van der Waals surface area contributed by atoms with E-state index >= 15 is 0 Å². The molecule has 0 aromatic rings. The summed E-state index contributed by atoms with van der Waals surface area (Å²) >= 11 is 0. The van der Waals surface area contributed by atoms with Crippen LogP contribution in [0.5, 0.6) is 0 Å². The molecule has 21 heavy (non-hydrogen) atoms. The molecule has 0 aliphatic carbocycles. The van der Waals surface area contributed by atoms with E-state index in [0.29, 0.717) is 19.4 Å². The summed E-state index contributed by atoms with van der Waals surface area (Å²) in [4.78, 5) is 25.7. The van der Waals surface area contributed by atoms with E-state index in [9.17, 15) is 9.59 Å². The standard InChI is InChI=1S/C15H27N3O3/c1-2-3-14(19)17-12-4-7-18(8-5-12)15(20)10-13-11-16-6-9-21-13/h12-13,16H,2-11H2,1H3,(H,17,19). The third kappa shape index (κ3) is 5.28. The van der Waals surface area contributed by atoms with Crippen LogP contribution in [0.1, 0.15) is 39.0 Å². The Bertz CT molecular complexity index is 348. The minimum Gasteiger partial charge on any atom is -0.375 e. The minimum absolute atomic E-state index is 0.00762. The number of morpholine rings is 1. The van der Waals surface area contributed by atoms with Gasteiger partial charge in [0.05, 0.1) is 19.1 Å². The van der Waals surface area contributed by atoms with Gasteiger partial charge in [0.25, 0.3) is 0 Å². The summed E-state index contributed by atoms with van der Waals surface area (Å²) in [6, 6.07) is 0.223. The van der Waals surface area contributed by atoms with Crippen LogP contribution >= 0.6 is 0 Å². The van der Waals surface area contributed by atoms with Gasteiger partial charge in [0.2, 0.25) is 11.8 Å². The van der Waals surface area contributed by atoms with E-state index in [1.54, 1.807) is 0 Å². The number of likely N-dealkylation sites (tertiary alicyclic amines) is 1. The highest BCUT2D eigenvalue weighted by molar-refractivity contribution is 5.77. The fraction of sp³-hybridized carbons (Fsp3) is 0.867. The summed E-state index contributed by atoms with van der Waals surface area (Å²) in [5, 5.41) is 6.29. The van der Waals surface area contributed by atoms with Gasteiger partial charge in [0.15, 0.2) is 0 Å². The van der Waals surface area contributed by atoms with Gasteiger partial charge in [0.1, 0.15) is 0 Å². The predicted molar refractivity (Wildman–Crippen MR) is 79.9 cm³/mol. The number of hydrogen-bond acceptors (Lipinski definition) is 4. The van der Waals surface area contributed by atoms with Gasteiger partial charge in [0, 0.05) is 38.6 Å². The summed E-state index contributed by atoms with van der Waals surface area (Å²) in [7, 11) is 0. The van der Waals surface area contributed by atoms with Crippen LogP contribution in [0.3, 0.4) is 0 Å². The lowest BCUT2D eigenvalue weighted by Crippen LogP contribution is -2.48. The molecule has 0 spiro atoms. The van der Waals surface area contributed by atoms with Gasteiger partial charge in [-0.25, -0.2) is 0 Å². The molecule has 0 radical (unpaired) electrons. The van der Waals surface area contributed by atoms with Crippen molar-refractivity contribution in [3.05, 3.63) is 0 Å². The molecule has 2 aliphatic heterocycles. The highest BCUT2D eigenvalue weighted by Gasteiger charge is 2.26. The van der Waals surface area contributed by atoms with Crippen LogP contribution < -0.4 is 10.6 Å². The van der Waals surface area contributed by atoms with E-state index in [4.69, 9.17) is 4.74 Å². The zero-order valence-electron chi connectivity index (χ0n) is 12.9. The molecule has 2 saturated heterocycles. The fourth-order valence-corrected chi connectivity index (χ4v) is 2.87. The lowest BCUT2D eigenvalue weighted by atomic mass is 10.0. The molecule has 6 heteroatoms. The second kappa shape index (κ2) is 8.34. The normalized spacial score (nSPS) is 23.9. The largest absolute Gasteiger partial charge is 0.375 e. The Labute approximate surface area is 126 Å². The van der Waals surface area contributed by atoms with Gasteiger partial charge in [-0.2, -0.15) is 0 Å². The lowest BCUT2D eigenvalue weighted by Gasteiger charge is -2.33. The van der Waals surface area contributed by atoms with E-state index in [-0.39, 0.29) is 24.0 Å². The molecule has 0 aromatic heterocycles. The topological polar surface area (TPSA) is 70.7 Å². The molecule has 6 nitrogen and oxygen atoms in total. The van der Waals surface area contributed by atoms with Gasteiger partial charge in [-0.05, 0) is 19.3 Å². The third-order valence-corrected chi connectivity index (χ3v) is 4.10. The van der Waals surface area contributed by atoms with Crippen molar-refractivity contribution in [1.29, 1.82) is 0 Å². The monoisotopic (exact) mass is 297 g/mol. The maximum atomic E-state index is 12.2. The van der Waals surface area contributed by atoms with Gasteiger partial charge in [-0.1, -0.05) is 6.92 Å². The van der Waals surface area contributed by atoms with Crippen LogP contribution in [0, 0.1) is 0 Å². The van der Waals surface area contributed by atoms with Crippen LogP contribution in [0.15, 0.2) is 0 Å². The SMILES string of the molecule is CCCC(=O)NC1CCN(C(=O)CC2CNCCO2)CC1. The first-order chi connectivity index (χ1) is 10.2. The number of piperidine rings is 1. The van der Waals surface area contributed by atoms with E-state index in [1.165, 1.54) is 0 Å². The summed E-state index contributed by atoms with van der Waals surface area (Å²) in [5.41, 5.74) is 0. The smallest absolute Gasteiger partial charge is 0.225 e. The molecule has 2 N–H and O–H groups in total. The molecule has 1 atom stereocenters. The van der Waals surface area contributed by atoms with E-state index in [1.807, 2.05) is 11.8 Å². The number of carbonyl (C=O) groups excluding carboxylic acids is 2. The highest BCUT2D eigenvalue weighted by atomic mass is 16.5.